The van der Waals surface area contributed by atoms with E-state index < -0.39 is 5.97 Å². The molecule has 6 heteroatoms. The van der Waals surface area contributed by atoms with Gasteiger partial charge in [-0.25, -0.2) is 4.79 Å². The Morgan fingerprint density at radius 1 is 1.50 bits per heavy atom. The summed E-state index contributed by atoms with van der Waals surface area (Å²) in [6, 6.07) is 1.87. The Kier molecular flexibility index (Phi) is 4.19. The van der Waals surface area contributed by atoms with Crippen molar-refractivity contribution in [3.8, 4) is 0 Å². The summed E-state index contributed by atoms with van der Waals surface area (Å²) in [5.41, 5.74) is 1.19. The SMILES string of the molecule is O=C(O)CN(C(=O)NCCc1ccsc1)C1CC1. The standard InChI is InChI=1S/C12H16N2O3S/c15-11(16)7-14(10-1-2-10)12(17)13-5-3-9-4-6-18-8-9/h4,6,8,10H,1-3,5,7H2,(H,13,17)(H,15,16). The summed E-state index contributed by atoms with van der Waals surface area (Å²) in [4.78, 5) is 23.9. The van der Waals surface area contributed by atoms with Crippen molar-refractivity contribution >= 4 is 23.3 Å². The van der Waals surface area contributed by atoms with Crippen molar-refractivity contribution in [2.75, 3.05) is 13.1 Å². The maximum absolute atomic E-state index is 11.8. The Morgan fingerprint density at radius 2 is 2.28 bits per heavy atom. The summed E-state index contributed by atoms with van der Waals surface area (Å²) in [7, 11) is 0. The van der Waals surface area contributed by atoms with Gasteiger partial charge in [-0.1, -0.05) is 0 Å². The normalized spacial score (nSPS) is 14.2. The fraction of sp³-hybridized carbons (Fsp3) is 0.500. The third-order valence-corrected chi connectivity index (χ3v) is 3.56. The van der Waals surface area contributed by atoms with Gasteiger partial charge in [-0.05, 0) is 41.7 Å². The van der Waals surface area contributed by atoms with Crippen molar-refractivity contribution in [2.24, 2.45) is 0 Å². The van der Waals surface area contributed by atoms with Crippen LogP contribution in [0, 0.1) is 0 Å². The van der Waals surface area contributed by atoms with Crippen LogP contribution in [0.5, 0.6) is 0 Å². The fourth-order valence-electron chi connectivity index (χ4n) is 1.75. The van der Waals surface area contributed by atoms with E-state index in [1.54, 1.807) is 11.3 Å². The van der Waals surface area contributed by atoms with Gasteiger partial charge < -0.3 is 15.3 Å². The lowest BCUT2D eigenvalue weighted by molar-refractivity contribution is -0.137. The van der Waals surface area contributed by atoms with Gasteiger partial charge in [0.25, 0.3) is 0 Å². The molecule has 0 spiro atoms. The number of rotatable bonds is 6. The zero-order chi connectivity index (χ0) is 13.0. The minimum Gasteiger partial charge on any atom is -0.480 e. The quantitative estimate of drug-likeness (QED) is 0.822. The van der Waals surface area contributed by atoms with Crippen molar-refractivity contribution in [3.63, 3.8) is 0 Å². The number of carbonyl (C=O) groups excluding carboxylic acids is 1. The van der Waals surface area contributed by atoms with Crippen LogP contribution in [-0.4, -0.2) is 41.1 Å². The van der Waals surface area contributed by atoms with E-state index in [0.717, 1.165) is 19.3 Å². The van der Waals surface area contributed by atoms with E-state index in [0.29, 0.717) is 6.54 Å². The summed E-state index contributed by atoms with van der Waals surface area (Å²) in [6.07, 6.45) is 2.59. The number of carboxylic acid groups (broad SMARTS) is 1. The summed E-state index contributed by atoms with van der Waals surface area (Å²) in [6.45, 7) is 0.327. The van der Waals surface area contributed by atoms with Gasteiger partial charge in [0.2, 0.25) is 0 Å². The number of urea groups is 1. The highest BCUT2D eigenvalue weighted by Crippen LogP contribution is 2.26. The number of hydrogen-bond donors (Lipinski definition) is 2. The molecular weight excluding hydrogens is 252 g/mol. The Hall–Kier alpha value is -1.56. The number of nitrogens with one attached hydrogen (secondary N) is 1. The molecule has 0 aromatic carbocycles. The molecule has 2 N–H and O–H groups in total. The van der Waals surface area contributed by atoms with Crippen LogP contribution in [0.4, 0.5) is 4.79 Å². The smallest absolute Gasteiger partial charge is 0.323 e. The van der Waals surface area contributed by atoms with Crippen LogP contribution in [0.15, 0.2) is 16.8 Å². The molecule has 2 rings (SSSR count). The highest BCUT2D eigenvalue weighted by atomic mass is 32.1. The van der Waals surface area contributed by atoms with Gasteiger partial charge in [-0.2, -0.15) is 11.3 Å². The lowest BCUT2D eigenvalue weighted by atomic mass is 10.2. The number of thiophene rings is 1. The topological polar surface area (TPSA) is 69.6 Å². The Morgan fingerprint density at radius 3 is 2.83 bits per heavy atom. The summed E-state index contributed by atoms with van der Waals surface area (Å²) in [5.74, 6) is -0.963. The van der Waals surface area contributed by atoms with Crippen molar-refractivity contribution < 1.29 is 14.7 Å². The zero-order valence-corrected chi connectivity index (χ0v) is 10.8. The molecule has 1 heterocycles. The van der Waals surface area contributed by atoms with Crippen LogP contribution in [0.1, 0.15) is 18.4 Å². The molecule has 1 aliphatic carbocycles. The predicted octanol–water partition coefficient (Wildman–Crippen LogP) is 1.55. The Balaban J connectivity index is 1.76. The van der Waals surface area contributed by atoms with Crippen molar-refractivity contribution in [1.29, 1.82) is 0 Å². The largest absolute Gasteiger partial charge is 0.480 e. The number of carboxylic acids is 1. The highest BCUT2D eigenvalue weighted by molar-refractivity contribution is 7.07. The first-order valence-electron chi connectivity index (χ1n) is 5.94. The number of carbonyl (C=O) groups is 2. The second-order valence-electron chi connectivity index (χ2n) is 4.37. The number of amides is 2. The first-order chi connectivity index (χ1) is 8.66. The van der Waals surface area contributed by atoms with Crippen LogP contribution in [0.2, 0.25) is 0 Å². The van der Waals surface area contributed by atoms with E-state index in [1.165, 1.54) is 10.5 Å². The van der Waals surface area contributed by atoms with Crippen molar-refractivity contribution in [1.82, 2.24) is 10.2 Å². The first-order valence-corrected chi connectivity index (χ1v) is 6.88. The maximum Gasteiger partial charge on any atom is 0.323 e. The van der Waals surface area contributed by atoms with E-state index >= 15 is 0 Å². The van der Waals surface area contributed by atoms with Gasteiger partial charge in [0.15, 0.2) is 0 Å². The molecule has 0 radical (unpaired) electrons. The van der Waals surface area contributed by atoms with Crippen molar-refractivity contribution in [3.05, 3.63) is 22.4 Å². The molecule has 18 heavy (non-hydrogen) atoms. The molecule has 98 valence electrons. The molecule has 0 bridgehead atoms. The number of aliphatic carboxylic acids is 1. The second kappa shape index (κ2) is 5.86. The summed E-state index contributed by atoms with van der Waals surface area (Å²) in [5, 5.41) is 15.6. The number of nitrogens with zero attached hydrogens (tertiary/aromatic N) is 1. The van der Waals surface area contributed by atoms with Gasteiger partial charge in [-0.15, -0.1) is 0 Å². The third-order valence-electron chi connectivity index (χ3n) is 2.82. The van der Waals surface area contributed by atoms with Crippen LogP contribution in [0.3, 0.4) is 0 Å². The van der Waals surface area contributed by atoms with Gasteiger partial charge in [0.05, 0.1) is 0 Å². The van der Waals surface area contributed by atoms with E-state index in [2.05, 4.69) is 5.32 Å². The molecule has 0 saturated heterocycles. The lowest BCUT2D eigenvalue weighted by Gasteiger charge is -2.20. The minimum atomic E-state index is -0.963. The molecule has 0 aliphatic heterocycles. The summed E-state index contributed by atoms with van der Waals surface area (Å²) < 4.78 is 0. The molecule has 1 saturated carbocycles. The van der Waals surface area contributed by atoms with Gasteiger partial charge in [-0.3, -0.25) is 4.79 Å². The monoisotopic (exact) mass is 268 g/mol. The molecule has 5 nitrogen and oxygen atoms in total. The fourth-order valence-corrected chi connectivity index (χ4v) is 2.45. The van der Waals surface area contributed by atoms with Crippen molar-refractivity contribution in [2.45, 2.75) is 25.3 Å². The van der Waals surface area contributed by atoms with Gasteiger partial charge >= 0.3 is 12.0 Å². The molecule has 0 atom stereocenters. The average molecular weight is 268 g/mol. The number of hydrogen-bond acceptors (Lipinski definition) is 3. The van der Waals surface area contributed by atoms with Crippen LogP contribution in [0.25, 0.3) is 0 Å². The van der Waals surface area contributed by atoms with E-state index in [9.17, 15) is 9.59 Å². The third kappa shape index (κ3) is 3.73. The average Bonchev–Trinajstić information content (AvgIpc) is 3.03. The first kappa shape index (κ1) is 12.9. The van der Waals surface area contributed by atoms with Gasteiger partial charge in [0.1, 0.15) is 6.54 Å². The molecule has 1 aromatic rings. The predicted molar refractivity (Wildman–Crippen MR) is 68.8 cm³/mol. The molecule has 2 amide bonds. The maximum atomic E-state index is 11.8. The van der Waals surface area contributed by atoms with Crippen LogP contribution < -0.4 is 5.32 Å². The second-order valence-corrected chi connectivity index (χ2v) is 5.15. The van der Waals surface area contributed by atoms with E-state index in [-0.39, 0.29) is 18.6 Å². The molecular formula is C12H16N2O3S. The zero-order valence-electron chi connectivity index (χ0n) is 9.96. The molecule has 1 fully saturated rings. The summed E-state index contributed by atoms with van der Waals surface area (Å²) >= 11 is 1.63. The van der Waals surface area contributed by atoms with E-state index in [1.807, 2.05) is 16.8 Å². The Bertz CT molecular complexity index is 415. The Labute approximate surface area is 109 Å². The van der Waals surface area contributed by atoms with Crippen LogP contribution in [-0.2, 0) is 11.2 Å². The van der Waals surface area contributed by atoms with Crippen LogP contribution >= 0.6 is 11.3 Å². The minimum absolute atomic E-state index is 0.113. The van der Waals surface area contributed by atoms with E-state index in [4.69, 9.17) is 5.11 Å². The molecule has 1 aliphatic rings. The highest BCUT2D eigenvalue weighted by Gasteiger charge is 2.33. The van der Waals surface area contributed by atoms with Gasteiger partial charge in [0, 0.05) is 12.6 Å². The molecule has 1 aromatic heterocycles. The lowest BCUT2D eigenvalue weighted by Crippen LogP contribution is -2.44. The molecule has 0 unspecified atom stereocenters.